The fourth-order valence-electron chi connectivity index (χ4n) is 4.06. The average Bonchev–Trinajstić information content (AvgIpc) is 3.19. The second-order valence-electron chi connectivity index (χ2n) is 8.31. The van der Waals surface area contributed by atoms with E-state index in [1.165, 1.54) is 11.3 Å². The van der Waals surface area contributed by atoms with Crippen LogP contribution in [-0.4, -0.2) is 55.8 Å². The minimum absolute atomic E-state index is 0.0696. The number of amides is 1. The van der Waals surface area contributed by atoms with E-state index >= 15 is 0 Å². The molecule has 3 aromatic rings. The summed E-state index contributed by atoms with van der Waals surface area (Å²) in [6, 6.07) is 3.56. The first-order valence-corrected chi connectivity index (χ1v) is 11.3. The smallest absolute Gasteiger partial charge is 0.291 e. The molecular weight excluding hydrogens is 426 g/mol. The Morgan fingerprint density at radius 3 is 2.87 bits per heavy atom. The lowest BCUT2D eigenvalue weighted by molar-refractivity contribution is -0.123. The van der Waals surface area contributed by atoms with E-state index in [4.69, 9.17) is 11.6 Å². The molecule has 1 aliphatic heterocycles. The SMILES string of the molecule is CCN1CCC[C@@H](NC(=O)Cn2nc(C(C)(C)O)n3c(cc4sc(Cl)cc43)c2=O)C1. The molecule has 162 valence electrons. The van der Waals surface area contributed by atoms with Crippen molar-refractivity contribution in [3.8, 4) is 0 Å². The van der Waals surface area contributed by atoms with Crippen LogP contribution in [0.1, 0.15) is 39.4 Å². The van der Waals surface area contributed by atoms with E-state index in [1.54, 1.807) is 30.4 Å². The van der Waals surface area contributed by atoms with Gasteiger partial charge in [0, 0.05) is 12.6 Å². The molecule has 1 saturated heterocycles. The first-order valence-electron chi connectivity index (χ1n) is 10.1. The number of likely N-dealkylation sites (N-methyl/N-ethyl adjacent to an activating group) is 1. The van der Waals surface area contributed by atoms with Crippen LogP contribution in [0, 0.1) is 0 Å². The van der Waals surface area contributed by atoms with Crippen LogP contribution in [0.5, 0.6) is 0 Å². The van der Waals surface area contributed by atoms with E-state index < -0.39 is 5.60 Å². The zero-order valence-corrected chi connectivity index (χ0v) is 18.9. The monoisotopic (exact) mass is 451 g/mol. The van der Waals surface area contributed by atoms with Crippen molar-refractivity contribution in [1.82, 2.24) is 24.4 Å². The maximum absolute atomic E-state index is 13.1. The number of piperidine rings is 1. The van der Waals surface area contributed by atoms with Gasteiger partial charge in [-0.15, -0.1) is 11.3 Å². The Kier molecular flexibility index (Phi) is 5.65. The molecule has 0 bridgehead atoms. The highest BCUT2D eigenvalue weighted by Crippen LogP contribution is 2.33. The highest BCUT2D eigenvalue weighted by molar-refractivity contribution is 7.22. The molecule has 2 N–H and O–H groups in total. The third kappa shape index (κ3) is 3.99. The number of halogens is 1. The van der Waals surface area contributed by atoms with Crippen molar-refractivity contribution in [3.63, 3.8) is 0 Å². The van der Waals surface area contributed by atoms with Gasteiger partial charge >= 0.3 is 0 Å². The first-order chi connectivity index (χ1) is 14.2. The Bertz CT molecular complexity index is 1160. The average molecular weight is 452 g/mol. The van der Waals surface area contributed by atoms with Crippen molar-refractivity contribution in [1.29, 1.82) is 0 Å². The molecule has 0 aliphatic carbocycles. The van der Waals surface area contributed by atoms with Gasteiger partial charge in [0.25, 0.3) is 5.56 Å². The predicted octanol–water partition coefficient (Wildman–Crippen LogP) is 2.19. The van der Waals surface area contributed by atoms with Gasteiger partial charge in [0.2, 0.25) is 5.91 Å². The lowest BCUT2D eigenvalue weighted by Gasteiger charge is -2.32. The van der Waals surface area contributed by atoms with Gasteiger partial charge in [-0.2, -0.15) is 5.10 Å². The van der Waals surface area contributed by atoms with Gasteiger partial charge in [0.1, 0.15) is 17.7 Å². The molecule has 8 nitrogen and oxygen atoms in total. The van der Waals surface area contributed by atoms with Gasteiger partial charge in [0.15, 0.2) is 5.82 Å². The summed E-state index contributed by atoms with van der Waals surface area (Å²) in [6.07, 6.45) is 1.96. The quantitative estimate of drug-likeness (QED) is 0.620. The number of aliphatic hydroxyl groups is 1. The molecule has 3 aromatic heterocycles. The van der Waals surface area contributed by atoms with Crippen LogP contribution in [0.15, 0.2) is 16.9 Å². The minimum atomic E-state index is -1.32. The molecule has 0 saturated carbocycles. The molecule has 1 fully saturated rings. The third-order valence-electron chi connectivity index (χ3n) is 5.50. The summed E-state index contributed by atoms with van der Waals surface area (Å²) in [7, 11) is 0. The third-order valence-corrected chi connectivity index (χ3v) is 6.70. The van der Waals surface area contributed by atoms with Gasteiger partial charge in [0.05, 0.1) is 14.6 Å². The van der Waals surface area contributed by atoms with E-state index in [1.807, 2.05) is 0 Å². The zero-order valence-electron chi connectivity index (χ0n) is 17.3. The summed E-state index contributed by atoms with van der Waals surface area (Å²) in [5, 5.41) is 18.1. The Hall–Kier alpha value is -1.94. The summed E-state index contributed by atoms with van der Waals surface area (Å²) in [5.41, 5.74) is -0.616. The Labute approximate surface area is 183 Å². The van der Waals surface area contributed by atoms with Crippen molar-refractivity contribution in [2.24, 2.45) is 0 Å². The first kappa shape index (κ1) is 21.3. The van der Waals surface area contributed by atoms with Crippen molar-refractivity contribution in [2.45, 2.75) is 51.8 Å². The van der Waals surface area contributed by atoms with Gasteiger partial charge in [-0.25, -0.2) is 4.68 Å². The van der Waals surface area contributed by atoms with Gasteiger partial charge < -0.3 is 15.3 Å². The van der Waals surface area contributed by atoms with E-state index in [2.05, 4.69) is 22.2 Å². The van der Waals surface area contributed by atoms with Crippen molar-refractivity contribution in [3.05, 3.63) is 32.6 Å². The van der Waals surface area contributed by atoms with E-state index in [9.17, 15) is 14.7 Å². The van der Waals surface area contributed by atoms with E-state index in [-0.39, 0.29) is 29.9 Å². The van der Waals surface area contributed by atoms with Crippen LogP contribution in [0.4, 0.5) is 0 Å². The molecular formula is C20H26ClN5O3S. The summed E-state index contributed by atoms with van der Waals surface area (Å²) in [6.45, 7) is 7.93. The standard InChI is InChI=1S/C20H26ClN5O3S/c1-4-24-7-5-6-12(10-24)22-17(27)11-25-18(28)14-8-15-13(9-16(21)30-15)26(14)19(23-25)20(2,3)29/h8-9,12,29H,4-7,10-11H2,1-3H3,(H,22,27)/t12-/m1/s1. The number of fused-ring (bicyclic) bond motifs is 3. The summed E-state index contributed by atoms with van der Waals surface area (Å²) in [4.78, 5) is 28.0. The van der Waals surface area contributed by atoms with Crippen LogP contribution in [0.3, 0.4) is 0 Å². The van der Waals surface area contributed by atoms with Crippen molar-refractivity contribution in [2.75, 3.05) is 19.6 Å². The lowest BCUT2D eigenvalue weighted by atomic mass is 10.1. The lowest BCUT2D eigenvalue weighted by Crippen LogP contribution is -2.49. The predicted molar refractivity (Wildman–Crippen MR) is 118 cm³/mol. The topological polar surface area (TPSA) is 91.9 Å². The van der Waals surface area contributed by atoms with Crippen molar-refractivity contribution < 1.29 is 9.90 Å². The van der Waals surface area contributed by atoms with Crippen LogP contribution in [0.2, 0.25) is 4.34 Å². The molecule has 0 radical (unpaired) electrons. The van der Waals surface area contributed by atoms with Crippen LogP contribution >= 0.6 is 22.9 Å². The van der Waals surface area contributed by atoms with Gasteiger partial charge in [-0.3, -0.25) is 14.0 Å². The molecule has 30 heavy (non-hydrogen) atoms. The maximum Gasteiger partial charge on any atom is 0.291 e. The minimum Gasteiger partial charge on any atom is -0.382 e. The summed E-state index contributed by atoms with van der Waals surface area (Å²) < 4.78 is 4.19. The number of carbonyl (C=O) groups excluding carboxylic acids is 1. The molecule has 1 aliphatic rings. The zero-order chi connectivity index (χ0) is 21.6. The number of nitrogens with one attached hydrogen (secondary N) is 1. The highest BCUT2D eigenvalue weighted by atomic mass is 35.5. The Balaban J connectivity index is 1.68. The molecule has 0 spiro atoms. The molecule has 4 rings (SSSR count). The molecule has 0 unspecified atom stereocenters. The van der Waals surface area contributed by atoms with Crippen LogP contribution in [0.25, 0.3) is 15.7 Å². The van der Waals surface area contributed by atoms with E-state index in [0.717, 1.165) is 47.4 Å². The fourth-order valence-corrected chi connectivity index (χ4v) is 5.22. The molecule has 0 aromatic carbocycles. The van der Waals surface area contributed by atoms with Crippen LogP contribution in [-0.2, 0) is 16.9 Å². The fraction of sp³-hybridized carbons (Fsp3) is 0.550. The van der Waals surface area contributed by atoms with Gasteiger partial charge in [-0.1, -0.05) is 18.5 Å². The molecule has 4 heterocycles. The maximum atomic E-state index is 13.1. The number of rotatable bonds is 5. The Morgan fingerprint density at radius 1 is 1.40 bits per heavy atom. The summed E-state index contributed by atoms with van der Waals surface area (Å²) >= 11 is 7.48. The van der Waals surface area contributed by atoms with Crippen molar-refractivity contribution >= 4 is 44.6 Å². The highest BCUT2D eigenvalue weighted by Gasteiger charge is 2.27. The molecule has 10 heteroatoms. The second kappa shape index (κ2) is 7.96. The molecule has 1 amide bonds. The van der Waals surface area contributed by atoms with Gasteiger partial charge in [-0.05, 0) is 51.9 Å². The second-order valence-corrected chi connectivity index (χ2v) is 10.0. The number of likely N-dealkylation sites (tertiary alicyclic amines) is 1. The number of hydrogen-bond acceptors (Lipinski definition) is 6. The number of aromatic nitrogens is 3. The largest absolute Gasteiger partial charge is 0.382 e. The van der Waals surface area contributed by atoms with E-state index in [0.29, 0.717) is 9.85 Å². The molecule has 1 atom stereocenters. The number of thiophene rings is 1. The number of nitrogens with zero attached hydrogens (tertiary/aromatic N) is 4. The normalized spacial score (nSPS) is 18.4. The Morgan fingerprint density at radius 2 is 2.17 bits per heavy atom. The number of hydrogen-bond donors (Lipinski definition) is 2. The summed E-state index contributed by atoms with van der Waals surface area (Å²) in [5.74, 6) is 0.0270. The van der Waals surface area contributed by atoms with Crippen LogP contribution < -0.4 is 10.9 Å². The number of carbonyl (C=O) groups is 1.